The lowest BCUT2D eigenvalue weighted by molar-refractivity contribution is -0.135. The summed E-state index contributed by atoms with van der Waals surface area (Å²) >= 11 is 8.50. The number of alkyl carbamates (subject to hydrolysis) is 2. The Morgan fingerprint density at radius 1 is 0.714 bits per heavy atom. The van der Waals surface area contributed by atoms with Crippen molar-refractivity contribution in [1.29, 1.82) is 0 Å². The molecule has 16 heteroatoms. The first-order valence-corrected chi connectivity index (χ1v) is 22.3. The fourth-order valence-corrected chi connectivity index (χ4v) is 9.30. The minimum absolute atomic E-state index is 0.159. The van der Waals surface area contributed by atoms with Crippen LogP contribution in [0.2, 0.25) is 5.15 Å². The van der Waals surface area contributed by atoms with Crippen LogP contribution in [-0.2, 0) is 19.1 Å². The van der Waals surface area contributed by atoms with Gasteiger partial charge >= 0.3 is 12.2 Å². The first kappa shape index (κ1) is 43.1. The number of aromatic nitrogens is 4. The summed E-state index contributed by atoms with van der Waals surface area (Å²) < 4.78 is 9.69. The van der Waals surface area contributed by atoms with E-state index in [0.717, 1.165) is 40.8 Å². The number of carbonyl (C=O) groups is 4. The number of nitrogens with zero attached hydrogens (tertiary/aromatic N) is 4. The highest BCUT2D eigenvalue weighted by Crippen LogP contribution is 2.40. The maximum atomic E-state index is 14.2. The summed E-state index contributed by atoms with van der Waals surface area (Å²) in [5.41, 5.74) is 6.48. The average molecular weight is 887 g/mol. The third-order valence-electron chi connectivity index (χ3n) is 11.7. The molecule has 8 rings (SSSR count). The molecule has 0 radical (unpaired) electrons. The number of halogens is 1. The molecule has 4 heterocycles. The minimum atomic E-state index is -0.941. The minimum Gasteiger partial charge on any atom is -0.453 e. The number of nitrogens with one attached hydrogen (secondary N) is 4. The number of carbonyl (C=O) groups excluding carboxylic acids is 4. The fourth-order valence-electron chi connectivity index (χ4n) is 8.37. The standard InChI is InChI=1S/C47H47ClN8O6S/c1-61-46(59)52-39(31-11-6-4-7-12-31)44(57)55-24-10-15-36(55)42-49-26-35(50-42)30-20-16-28(17-21-30)29-18-22-33(23-19-29)38-41(48)54-43(51-38)37-25-34(63-3)27-56(37)45(58)40(53-47(60)62-2)32-13-8-5-9-14-32/h4-9,11-14,16-23,26,34,36-37,39-40H,10,15,24-25,27H2,1-3H3,(H,49,50)(H,51,54)(H,52,59)(H,53,60)/t34-,36-,37-,39-,40?/m0/s1. The van der Waals surface area contributed by atoms with Gasteiger partial charge in [0.1, 0.15) is 34.6 Å². The number of H-pyrrole nitrogens is 2. The van der Waals surface area contributed by atoms with E-state index < -0.39 is 30.3 Å². The van der Waals surface area contributed by atoms with Crippen molar-refractivity contribution in [2.45, 2.75) is 48.7 Å². The van der Waals surface area contributed by atoms with Crippen LogP contribution in [0.1, 0.15) is 66.2 Å². The number of ether oxygens (including phenoxy) is 2. The number of aromatic amines is 2. The van der Waals surface area contributed by atoms with Gasteiger partial charge in [-0.05, 0) is 53.3 Å². The fraction of sp³-hybridized carbons (Fsp3) is 0.277. The SMILES string of the molecule is COC(=O)NC(C(=O)N1C[C@@H](SC)C[C@H]1c1nc(-c2ccc(-c3ccc(-c4cnc([C@@H]5CCCN5C(=O)[C@@H](NC(=O)OC)c5ccccc5)[nH]4)cc3)cc2)c(Cl)[nH]1)c1ccccc1. The van der Waals surface area contributed by atoms with Gasteiger partial charge in [-0.1, -0.05) is 121 Å². The molecule has 6 aromatic rings. The molecule has 0 bridgehead atoms. The van der Waals surface area contributed by atoms with Crippen LogP contribution in [0.3, 0.4) is 0 Å². The summed E-state index contributed by atoms with van der Waals surface area (Å²) in [5.74, 6) is 0.772. The van der Waals surface area contributed by atoms with Crippen LogP contribution in [0.25, 0.3) is 33.6 Å². The van der Waals surface area contributed by atoms with Crippen LogP contribution in [0.4, 0.5) is 9.59 Å². The highest BCUT2D eigenvalue weighted by molar-refractivity contribution is 7.99. The molecule has 4 N–H and O–H groups in total. The van der Waals surface area contributed by atoms with Crippen molar-refractivity contribution >= 4 is 47.4 Å². The lowest BCUT2D eigenvalue weighted by Gasteiger charge is -2.28. The number of imidazole rings is 2. The quantitative estimate of drug-likeness (QED) is 0.0938. The van der Waals surface area contributed by atoms with E-state index in [2.05, 4.69) is 20.6 Å². The van der Waals surface area contributed by atoms with Crippen molar-refractivity contribution in [2.24, 2.45) is 0 Å². The zero-order valence-corrected chi connectivity index (χ0v) is 36.5. The zero-order chi connectivity index (χ0) is 44.0. The van der Waals surface area contributed by atoms with Crippen LogP contribution in [0.15, 0.2) is 115 Å². The summed E-state index contributed by atoms with van der Waals surface area (Å²) in [4.78, 5) is 72.6. The van der Waals surface area contributed by atoms with Gasteiger partial charge in [0.25, 0.3) is 11.8 Å². The van der Waals surface area contributed by atoms with Gasteiger partial charge in [-0.3, -0.25) is 9.59 Å². The summed E-state index contributed by atoms with van der Waals surface area (Å²) in [7, 11) is 2.55. The third-order valence-corrected chi connectivity index (χ3v) is 12.9. The Morgan fingerprint density at radius 2 is 1.25 bits per heavy atom. The lowest BCUT2D eigenvalue weighted by Crippen LogP contribution is -2.43. The number of likely N-dealkylation sites (tertiary alicyclic amines) is 2. The molecule has 0 spiro atoms. The van der Waals surface area contributed by atoms with E-state index in [-0.39, 0.29) is 23.1 Å². The van der Waals surface area contributed by atoms with E-state index in [9.17, 15) is 19.2 Å². The smallest absolute Gasteiger partial charge is 0.407 e. The maximum Gasteiger partial charge on any atom is 0.407 e. The number of hydrogen-bond donors (Lipinski definition) is 4. The van der Waals surface area contributed by atoms with Crippen LogP contribution in [0.5, 0.6) is 0 Å². The molecule has 0 aliphatic carbocycles. The number of benzene rings is 4. The van der Waals surface area contributed by atoms with Gasteiger partial charge in [-0.25, -0.2) is 19.6 Å². The largest absolute Gasteiger partial charge is 0.453 e. The molecular weight excluding hydrogens is 840 g/mol. The zero-order valence-electron chi connectivity index (χ0n) is 34.9. The second-order valence-corrected chi connectivity index (χ2v) is 16.9. The molecule has 324 valence electrons. The highest BCUT2D eigenvalue weighted by atomic mass is 35.5. The van der Waals surface area contributed by atoms with Gasteiger partial charge in [0.15, 0.2) is 0 Å². The molecule has 2 fully saturated rings. The Hall–Kier alpha value is -6.58. The molecule has 4 amide bonds. The molecule has 14 nitrogen and oxygen atoms in total. The topological polar surface area (TPSA) is 175 Å². The molecule has 2 aromatic heterocycles. The van der Waals surface area contributed by atoms with Crippen LogP contribution < -0.4 is 10.6 Å². The van der Waals surface area contributed by atoms with E-state index in [4.69, 9.17) is 31.0 Å². The molecular formula is C47H47ClN8O6S. The van der Waals surface area contributed by atoms with Crippen molar-refractivity contribution in [3.8, 4) is 33.6 Å². The van der Waals surface area contributed by atoms with Gasteiger partial charge in [-0.2, -0.15) is 11.8 Å². The van der Waals surface area contributed by atoms with Crippen molar-refractivity contribution < 1.29 is 28.7 Å². The molecule has 2 saturated heterocycles. The summed E-state index contributed by atoms with van der Waals surface area (Å²) in [6.07, 6.45) is 4.63. The molecule has 4 aromatic carbocycles. The molecule has 2 aliphatic rings. The Balaban J connectivity index is 0.958. The first-order valence-electron chi connectivity index (χ1n) is 20.6. The summed E-state index contributed by atoms with van der Waals surface area (Å²) in [6, 6.07) is 31.9. The van der Waals surface area contributed by atoms with Gasteiger partial charge in [-0.15, -0.1) is 0 Å². The van der Waals surface area contributed by atoms with E-state index in [1.807, 2.05) is 103 Å². The van der Waals surface area contributed by atoms with Crippen LogP contribution in [-0.4, -0.2) is 92.6 Å². The molecule has 5 atom stereocenters. The van der Waals surface area contributed by atoms with Gasteiger partial charge in [0, 0.05) is 23.9 Å². The Bertz CT molecular complexity index is 2550. The number of hydrogen-bond acceptors (Lipinski definition) is 9. The number of methoxy groups -OCH3 is 2. The summed E-state index contributed by atoms with van der Waals surface area (Å²) in [6.45, 7) is 1.02. The highest BCUT2D eigenvalue weighted by Gasteiger charge is 2.42. The van der Waals surface area contributed by atoms with Gasteiger partial charge in [0.2, 0.25) is 0 Å². The van der Waals surface area contributed by atoms with E-state index in [1.54, 1.807) is 39.9 Å². The predicted molar refractivity (Wildman–Crippen MR) is 242 cm³/mol. The van der Waals surface area contributed by atoms with Crippen molar-refractivity contribution in [2.75, 3.05) is 33.6 Å². The average Bonchev–Trinajstić information content (AvgIpc) is 4.17. The van der Waals surface area contributed by atoms with E-state index >= 15 is 0 Å². The first-order chi connectivity index (χ1) is 30.6. The molecule has 0 saturated carbocycles. The van der Waals surface area contributed by atoms with Gasteiger partial charge in [0.05, 0.1) is 38.2 Å². The maximum absolute atomic E-state index is 14.2. The second kappa shape index (κ2) is 19.2. The Morgan fingerprint density at radius 3 is 1.81 bits per heavy atom. The Labute approximate surface area is 374 Å². The number of amides is 4. The summed E-state index contributed by atoms with van der Waals surface area (Å²) in [5, 5.41) is 5.96. The second-order valence-electron chi connectivity index (χ2n) is 15.4. The van der Waals surface area contributed by atoms with Crippen LogP contribution >= 0.6 is 23.4 Å². The van der Waals surface area contributed by atoms with Crippen LogP contribution in [0, 0.1) is 0 Å². The van der Waals surface area contributed by atoms with Crippen molar-refractivity contribution in [1.82, 2.24) is 40.4 Å². The van der Waals surface area contributed by atoms with E-state index in [1.165, 1.54) is 14.2 Å². The normalized spacial score (nSPS) is 18.1. The number of rotatable bonds is 12. The molecule has 1 unspecified atom stereocenters. The Kier molecular flexibility index (Phi) is 13.1. The third kappa shape index (κ3) is 9.30. The van der Waals surface area contributed by atoms with Crippen molar-refractivity contribution in [3.05, 3.63) is 143 Å². The monoisotopic (exact) mass is 886 g/mol. The van der Waals surface area contributed by atoms with Gasteiger partial charge < -0.3 is 39.9 Å². The van der Waals surface area contributed by atoms with Crippen molar-refractivity contribution in [3.63, 3.8) is 0 Å². The lowest BCUT2D eigenvalue weighted by atomic mass is 10.0. The van der Waals surface area contributed by atoms with E-state index in [0.29, 0.717) is 53.1 Å². The number of thioether (sulfide) groups is 1. The molecule has 2 aliphatic heterocycles. The molecule has 63 heavy (non-hydrogen) atoms. The predicted octanol–water partition coefficient (Wildman–Crippen LogP) is 8.65.